The largest absolute Gasteiger partial charge is 0.424 e. The molecule has 0 fully saturated rings. The highest BCUT2D eigenvalue weighted by Crippen LogP contribution is 2.19. The van der Waals surface area contributed by atoms with Gasteiger partial charge in [-0.25, -0.2) is 9.97 Å². The maximum atomic E-state index is 5.72. The quantitative estimate of drug-likeness (QED) is 0.857. The van der Waals surface area contributed by atoms with Crippen LogP contribution in [0.4, 0.5) is 0 Å². The van der Waals surface area contributed by atoms with E-state index >= 15 is 0 Å². The van der Waals surface area contributed by atoms with E-state index in [1.165, 1.54) is 0 Å². The molecule has 2 aromatic rings. The van der Waals surface area contributed by atoms with Crippen LogP contribution in [0.3, 0.4) is 0 Å². The fourth-order valence-corrected chi connectivity index (χ4v) is 2.02. The maximum Gasteiger partial charge on any atom is 0.321 e. The number of hydrogen-bond donors (Lipinski definition) is 1. The van der Waals surface area contributed by atoms with Crippen LogP contribution in [0.2, 0.25) is 0 Å². The zero-order valence-corrected chi connectivity index (χ0v) is 12.2. The third kappa shape index (κ3) is 3.92. The molecule has 1 atom stereocenters. The van der Waals surface area contributed by atoms with Gasteiger partial charge in [0.05, 0.1) is 0 Å². The van der Waals surface area contributed by atoms with Gasteiger partial charge in [0.25, 0.3) is 0 Å². The van der Waals surface area contributed by atoms with Crippen LogP contribution in [0.25, 0.3) is 0 Å². The van der Waals surface area contributed by atoms with Gasteiger partial charge in [-0.1, -0.05) is 6.07 Å². The molecular formula is C13H14IN3O. The molecule has 0 bridgehead atoms. The van der Waals surface area contributed by atoms with Crippen LogP contribution in [0.5, 0.6) is 11.8 Å². The summed E-state index contributed by atoms with van der Waals surface area (Å²) in [6, 6.07) is 8.20. The Morgan fingerprint density at radius 2 is 2.06 bits per heavy atom. The molecule has 5 heteroatoms. The second-order valence-electron chi connectivity index (χ2n) is 4.11. The second-order valence-corrected chi connectivity index (χ2v) is 5.36. The highest BCUT2D eigenvalue weighted by atomic mass is 127. The van der Waals surface area contributed by atoms with Gasteiger partial charge in [0, 0.05) is 22.0 Å². The van der Waals surface area contributed by atoms with Crippen molar-refractivity contribution in [2.75, 3.05) is 0 Å². The number of benzene rings is 1. The summed E-state index contributed by atoms with van der Waals surface area (Å²) in [6.45, 7) is 1.95. The molecule has 1 unspecified atom stereocenters. The lowest BCUT2D eigenvalue weighted by Crippen LogP contribution is -2.17. The Labute approximate surface area is 120 Å². The smallest absolute Gasteiger partial charge is 0.321 e. The van der Waals surface area contributed by atoms with E-state index in [4.69, 9.17) is 10.5 Å². The fourth-order valence-electron chi connectivity index (χ4n) is 1.51. The van der Waals surface area contributed by atoms with Crippen LogP contribution in [0.1, 0.15) is 12.5 Å². The average Bonchev–Trinajstić information content (AvgIpc) is 2.31. The third-order valence-electron chi connectivity index (χ3n) is 2.24. The summed E-state index contributed by atoms with van der Waals surface area (Å²) < 4.78 is 6.67. The molecule has 1 heterocycles. The molecule has 2 rings (SSSR count). The van der Waals surface area contributed by atoms with E-state index in [2.05, 4.69) is 32.6 Å². The number of hydrogen-bond acceptors (Lipinski definition) is 4. The van der Waals surface area contributed by atoms with Crippen LogP contribution in [0, 0.1) is 3.57 Å². The van der Waals surface area contributed by atoms with Gasteiger partial charge in [0.1, 0.15) is 5.75 Å². The number of aromatic nitrogens is 2. The molecule has 0 saturated heterocycles. The van der Waals surface area contributed by atoms with E-state index in [0.29, 0.717) is 6.01 Å². The van der Waals surface area contributed by atoms with Gasteiger partial charge in [0.15, 0.2) is 0 Å². The van der Waals surface area contributed by atoms with Gasteiger partial charge in [-0.15, -0.1) is 0 Å². The van der Waals surface area contributed by atoms with Crippen molar-refractivity contribution in [1.82, 2.24) is 9.97 Å². The zero-order chi connectivity index (χ0) is 13.0. The number of ether oxygens (including phenoxy) is 1. The van der Waals surface area contributed by atoms with Crippen molar-refractivity contribution < 1.29 is 4.74 Å². The van der Waals surface area contributed by atoms with Gasteiger partial charge in [-0.05, 0) is 59.7 Å². The first-order valence-electron chi connectivity index (χ1n) is 5.63. The summed E-state index contributed by atoms with van der Waals surface area (Å²) in [5.41, 5.74) is 6.73. The molecule has 18 heavy (non-hydrogen) atoms. The van der Waals surface area contributed by atoms with E-state index in [1.54, 1.807) is 12.4 Å². The minimum absolute atomic E-state index is 0.107. The van der Waals surface area contributed by atoms with Crippen molar-refractivity contribution in [3.05, 3.63) is 45.8 Å². The maximum absolute atomic E-state index is 5.72. The van der Waals surface area contributed by atoms with Gasteiger partial charge in [-0.3, -0.25) is 0 Å². The van der Waals surface area contributed by atoms with Crippen molar-refractivity contribution >= 4 is 22.6 Å². The van der Waals surface area contributed by atoms with Crippen molar-refractivity contribution in [3.63, 3.8) is 0 Å². The zero-order valence-electron chi connectivity index (χ0n) is 10.0. The van der Waals surface area contributed by atoms with E-state index in [0.717, 1.165) is 21.3 Å². The molecule has 0 aliphatic carbocycles. The van der Waals surface area contributed by atoms with Crippen molar-refractivity contribution in [2.24, 2.45) is 5.73 Å². The van der Waals surface area contributed by atoms with Crippen LogP contribution in [-0.4, -0.2) is 16.0 Å². The van der Waals surface area contributed by atoms with Gasteiger partial charge in [-0.2, -0.15) is 0 Å². The molecule has 1 aromatic heterocycles. The minimum atomic E-state index is 0.107. The molecule has 0 spiro atoms. The van der Waals surface area contributed by atoms with Crippen LogP contribution < -0.4 is 10.5 Å². The molecule has 0 amide bonds. The summed E-state index contributed by atoms with van der Waals surface area (Å²) >= 11 is 2.23. The molecule has 94 valence electrons. The summed E-state index contributed by atoms with van der Waals surface area (Å²) in [5, 5.41) is 0. The summed E-state index contributed by atoms with van der Waals surface area (Å²) in [5.74, 6) is 0.738. The van der Waals surface area contributed by atoms with E-state index in [1.807, 2.05) is 31.2 Å². The van der Waals surface area contributed by atoms with Crippen molar-refractivity contribution in [3.8, 4) is 11.8 Å². The number of nitrogens with zero attached hydrogens (tertiary/aromatic N) is 2. The first-order valence-corrected chi connectivity index (χ1v) is 6.71. The fraction of sp³-hybridized carbons (Fsp3) is 0.231. The Morgan fingerprint density at radius 3 is 2.67 bits per heavy atom. The first kappa shape index (κ1) is 13.2. The SMILES string of the molecule is CC(N)Cc1cnc(Oc2cccc(I)c2)nc1. The Morgan fingerprint density at radius 1 is 1.33 bits per heavy atom. The Hall–Kier alpha value is -1.21. The van der Waals surface area contributed by atoms with Crippen LogP contribution >= 0.6 is 22.6 Å². The Kier molecular flexibility index (Phi) is 4.48. The summed E-state index contributed by atoms with van der Waals surface area (Å²) in [7, 11) is 0. The Bertz CT molecular complexity index is 514. The summed E-state index contributed by atoms with van der Waals surface area (Å²) in [6.07, 6.45) is 4.27. The standard InChI is InChI=1S/C13H14IN3O/c1-9(15)5-10-7-16-13(17-8-10)18-12-4-2-3-11(14)6-12/h2-4,6-9H,5,15H2,1H3. The lowest BCUT2D eigenvalue weighted by Gasteiger charge is -2.06. The van der Waals surface area contributed by atoms with Crippen molar-refractivity contribution in [2.45, 2.75) is 19.4 Å². The number of halogens is 1. The highest BCUT2D eigenvalue weighted by molar-refractivity contribution is 14.1. The first-order chi connectivity index (χ1) is 8.63. The number of nitrogens with two attached hydrogens (primary N) is 1. The molecule has 1 aromatic carbocycles. The van der Waals surface area contributed by atoms with Gasteiger partial charge in [0.2, 0.25) is 0 Å². The summed E-state index contributed by atoms with van der Waals surface area (Å²) in [4.78, 5) is 8.33. The molecule has 0 saturated carbocycles. The van der Waals surface area contributed by atoms with E-state index < -0.39 is 0 Å². The average molecular weight is 355 g/mol. The number of rotatable bonds is 4. The van der Waals surface area contributed by atoms with E-state index in [-0.39, 0.29) is 6.04 Å². The van der Waals surface area contributed by atoms with Crippen LogP contribution in [-0.2, 0) is 6.42 Å². The van der Waals surface area contributed by atoms with Crippen LogP contribution in [0.15, 0.2) is 36.7 Å². The van der Waals surface area contributed by atoms with E-state index in [9.17, 15) is 0 Å². The minimum Gasteiger partial charge on any atom is -0.424 e. The highest BCUT2D eigenvalue weighted by Gasteiger charge is 2.03. The van der Waals surface area contributed by atoms with Gasteiger partial charge >= 0.3 is 6.01 Å². The third-order valence-corrected chi connectivity index (χ3v) is 2.92. The topological polar surface area (TPSA) is 61.0 Å². The normalized spacial score (nSPS) is 12.2. The van der Waals surface area contributed by atoms with Gasteiger partial charge < -0.3 is 10.5 Å². The molecule has 0 aliphatic heterocycles. The second kappa shape index (κ2) is 6.10. The Balaban J connectivity index is 2.06. The molecular weight excluding hydrogens is 341 g/mol. The molecule has 0 aliphatic rings. The molecule has 2 N–H and O–H groups in total. The molecule has 4 nitrogen and oxygen atoms in total. The van der Waals surface area contributed by atoms with Crippen molar-refractivity contribution in [1.29, 1.82) is 0 Å². The molecule has 0 radical (unpaired) electrons. The predicted molar refractivity (Wildman–Crippen MR) is 78.6 cm³/mol. The predicted octanol–water partition coefficient (Wildman–Crippen LogP) is 2.76. The monoisotopic (exact) mass is 355 g/mol. The lowest BCUT2D eigenvalue weighted by atomic mass is 10.1. The lowest BCUT2D eigenvalue weighted by molar-refractivity contribution is 0.440.